The van der Waals surface area contributed by atoms with Crippen LogP contribution in [-0.2, 0) is 17.8 Å². The van der Waals surface area contributed by atoms with Crippen molar-refractivity contribution < 1.29 is 4.74 Å². The van der Waals surface area contributed by atoms with Crippen LogP contribution in [0.4, 0.5) is 5.69 Å². The van der Waals surface area contributed by atoms with Gasteiger partial charge < -0.3 is 14.5 Å². The number of hydrogen-bond acceptors (Lipinski definition) is 5. The van der Waals surface area contributed by atoms with Gasteiger partial charge in [0.05, 0.1) is 29.3 Å². The van der Waals surface area contributed by atoms with E-state index in [0.717, 1.165) is 29.4 Å². The third kappa shape index (κ3) is 6.91. The molecular weight excluding hydrogens is 404 g/mol. The average Bonchev–Trinajstić information content (AvgIpc) is 3.22. The summed E-state index contributed by atoms with van der Waals surface area (Å²) in [4.78, 5) is 13.7. The van der Waals surface area contributed by atoms with E-state index in [1.54, 1.807) is 11.3 Å². The molecule has 1 aliphatic carbocycles. The van der Waals surface area contributed by atoms with E-state index < -0.39 is 0 Å². The second kappa shape index (κ2) is 11.4. The third-order valence-corrected chi connectivity index (χ3v) is 6.68. The van der Waals surface area contributed by atoms with E-state index in [9.17, 15) is 0 Å². The van der Waals surface area contributed by atoms with Crippen LogP contribution in [0.5, 0.6) is 0 Å². The minimum absolute atomic E-state index is 0.560. The van der Waals surface area contributed by atoms with Gasteiger partial charge in [0.15, 0.2) is 0 Å². The van der Waals surface area contributed by atoms with E-state index in [-0.39, 0.29) is 0 Å². The minimum Gasteiger partial charge on any atom is -0.366 e. The number of aryl methyl sites for hydroxylation is 2. The molecule has 0 saturated heterocycles. The number of aliphatic imine (C=N–C) groups is 1. The van der Waals surface area contributed by atoms with Gasteiger partial charge in [0.2, 0.25) is 0 Å². The van der Waals surface area contributed by atoms with Crippen molar-refractivity contribution in [1.29, 1.82) is 0 Å². The average molecular weight is 441 g/mol. The third-order valence-electron chi connectivity index (χ3n) is 5.78. The molecule has 0 spiro atoms. The molecule has 0 atom stereocenters. The number of allylic oxidation sites excluding steroid dienone is 2. The number of hydrogen-bond donors (Lipinski definition) is 0. The highest BCUT2D eigenvalue weighted by Gasteiger charge is 2.11. The number of aromatic nitrogens is 1. The van der Waals surface area contributed by atoms with Gasteiger partial charge in [0, 0.05) is 38.1 Å². The van der Waals surface area contributed by atoms with Crippen molar-refractivity contribution in [3.8, 4) is 0 Å². The molecule has 1 aliphatic rings. The Morgan fingerprint density at radius 2 is 2.03 bits per heavy atom. The van der Waals surface area contributed by atoms with E-state index >= 15 is 0 Å². The molecule has 6 heteroatoms. The molecule has 31 heavy (non-hydrogen) atoms. The minimum atomic E-state index is 0.560. The molecule has 0 radical (unpaired) electrons. The molecule has 0 fully saturated rings. The standard InChI is InChI=1S/C25H36N4OS/c1-6-28(4)17-26-24-13-19(2)21(12-20(24)3)14-25-27-22(16-31-25)15-30-18-29(5)23-10-8-7-9-11-23/h10,12-13,16-17H,6-9,11,14-15,18H2,1-5H3. The number of rotatable bonds is 10. The summed E-state index contributed by atoms with van der Waals surface area (Å²) in [6, 6.07) is 4.43. The molecule has 5 nitrogen and oxygen atoms in total. The predicted molar refractivity (Wildman–Crippen MR) is 131 cm³/mol. The Balaban J connectivity index is 1.55. The Labute approximate surface area is 191 Å². The molecule has 1 aromatic heterocycles. The van der Waals surface area contributed by atoms with E-state index in [4.69, 9.17) is 9.72 Å². The molecule has 0 saturated carbocycles. The smallest absolute Gasteiger partial charge is 0.118 e. The Hall–Kier alpha value is -2.18. The molecule has 0 aliphatic heterocycles. The molecule has 1 heterocycles. The van der Waals surface area contributed by atoms with Gasteiger partial charge in [-0.25, -0.2) is 9.98 Å². The first-order valence-corrected chi connectivity index (χ1v) is 12.1. The largest absolute Gasteiger partial charge is 0.366 e. The zero-order chi connectivity index (χ0) is 22.2. The van der Waals surface area contributed by atoms with E-state index in [1.807, 2.05) is 13.4 Å². The van der Waals surface area contributed by atoms with E-state index in [2.05, 4.69) is 66.2 Å². The number of nitrogens with zero attached hydrogens (tertiary/aromatic N) is 4. The van der Waals surface area contributed by atoms with Crippen molar-refractivity contribution >= 4 is 23.4 Å². The molecular formula is C25H36N4OS. The molecule has 0 unspecified atom stereocenters. The summed E-state index contributed by atoms with van der Waals surface area (Å²) in [5.41, 5.74) is 7.22. The topological polar surface area (TPSA) is 41.0 Å². The Morgan fingerprint density at radius 3 is 2.77 bits per heavy atom. The molecule has 2 aromatic rings. The SMILES string of the molecule is CCN(C)C=Nc1cc(C)c(Cc2nc(COCN(C)C3=CCCCC3)cs2)cc1C. The van der Waals surface area contributed by atoms with Crippen molar-refractivity contribution in [3.05, 3.63) is 56.7 Å². The van der Waals surface area contributed by atoms with Crippen LogP contribution in [0.25, 0.3) is 0 Å². The van der Waals surface area contributed by atoms with Crippen LogP contribution in [0, 0.1) is 13.8 Å². The molecule has 1 aromatic carbocycles. The molecule has 0 amide bonds. The predicted octanol–water partition coefficient (Wildman–Crippen LogP) is 5.83. The lowest BCUT2D eigenvalue weighted by atomic mass is 10.0. The lowest BCUT2D eigenvalue weighted by Crippen LogP contribution is -2.22. The van der Waals surface area contributed by atoms with Gasteiger partial charge in [-0.1, -0.05) is 12.1 Å². The fourth-order valence-electron chi connectivity index (χ4n) is 3.63. The van der Waals surface area contributed by atoms with Crippen LogP contribution in [0.15, 0.2) is 34.3 Å². The maximum atomic E-state index is 5.92. The summed E-state index contributed by atoms with van der Waals surface area (Å²) in [6.07, 6.45) is 10.0. The van der Waals surface area contributed by atoms with Crippen LogP contribution in [0.3, 0.4) is 0 Å². The summed E-state index contributed by atoms with van der Waals surface area (Å²) in [5, 5.41) is 3.25. The van der Waals surface area contributed by atoms with Crippen LogP contribution in [0.2, 0.25) is 0 Å². The zero-order valence-electron chi connectivity index (χ0n) is 19.6. The highest BCUT2D eigenvalue weighted by Crippen LogP contribution is 2.26. The van der Waals surface area contributed by atoms with E-state index in [1.165, 1.54) is 48.1 Å². The van der Waals surface area contributed by atoms with Gasteiger partial charge in [0.25, 0.3) is 0 Å². The number of benzene rings is 1. The zero-order valence-corrected chi connectivity index (χ0v) is 20.5. The monoisotopic (exact) mass is 440 g/mol. The van der Waals surface area contributed by atoms with Gasteiger partial charge in [-0.05, 0) is 69.2 Å². The van der Waals surface area contributed by atoms with Gasteiger partial charge >= 0.3 is 0 Å². The van der Waals surface area contributed by atoms with Crippen molar-refractivity contribution in [2.75, 3.05) is 27.4 Å². The maximum absolute atomic E-state index is 5.92. The first kappa shape index (κ1) is 23.5. The molecule has 168 valence electrons. The van der Waals surface area contributed by atoms with Crippen LogP contribution in [-0.4, -0.2) is 48.5 Å². The lowest BCUT2D eigenvalue weighted by Gasteiger charge is -2.24. The summed E-state index contributed by atoms with van der Waals surface area (Å²) < 4.78 is 5.92. The van der Waals surface area contributed by atoms with Crippen molar-refractivity contribution in [2.45, 2.75) is 59.5 Å². The quantitative estimate of drug-likeness (QED) is 0.265. The summed E-state index contributed by atoms with van der Waals surface area (Å²) in [5.74, 6) is 0. The Morgan fingerprint density at radius 1 is 1.19 bits per heavy atom. The Kier molecular flexibility index (Phi) is 8.67. The Bertz CT molecular complexity index is 918. The highest BCUT2D eigenvalue weighted by atomic mass is 32.1. The first-order chi connectivity index (χ1) is 15.0. The number of thiazole rings is 1. The van der Waals surface area contributed by atoms with Crippen molar-refractivity contribution in [1.82, 2.24) is 14.8 Å². The second-order valence-corrected chi connectivity index (χ2v) is 9.35. The lowest BCUT2D eigenvalue weighted by molar-refractivity contribution is 0.0446. The fraction of sp³-hybridized carbons (Fsp3) is 0.520. The van der Waals surface area contributed by atoms with Gasteiger partial charge in [-0.15, -0.1) is 11.3 Å². The summed E-state index contributed by atoms with van der Waals surface area (Å²) in [6.45, 7) is 8.53. The normalized spacial score (nSPS) is 14.2. The van der Waals surface area contributed by atoms with Crippen molar-refractivity contribution in [2.24, 2.45) is 4.99 Å². The maximum Gasteiger partial charge on any atom is 0.118 e. The molecule has 3 rings (SSSR count). The van der Waals surface area contributed by atoms with Crippen molar-refractivity contribution in [3.63, 3.8) is 0 Å². The van der Waals surface area contributed by atoms with Crippen LogP contribution < -0.4 is 0 Å². The molecule has 0 bridgehead atoms. The summed E-state index contributed by atoms with van der Waals surface area (Å²) >= 11 is 1.71. The fourth-order valence-corrected chi connectivity index (χ4v) is 4.43. The summed E-state index contributed by atoms with van der Waals surface area (Å²) in [7, 11) is 4.15. The van der Waals surface area contributed by atoms with Gasteiger partial charge in [-0.2, -0.15) is 0 Å². The van der Waals surface area contributed by atoms with Gasteiger partial charge in [-0.3, -0.25) is 0 Å². The van der Waals surface area contributed by atoms with Crippen LogP contribution in [0.1, 0.15) is 60.0 Å². The van der Waals surface area contributed by atoms with Gasteiger partial charge in [0.1, 0.15) is 6.73 Å². The second-order valence-electron chi connectivity index (χ2n) is 8.41. The van der Waals surface area contributed by atoms with Crippen LogP contribution >= 0.6 is 11.3 Å². The first-order valence-electron chi connectivity index (χ1n) is 11.2. The van der Waals surface area contributed by atoms with E-state index in [0.29, 0.717) is 13.3 Å². The highest BCUT2D eigenvalue weighted by molar-refractivity contribution is 7.09. The number of ether oxygens (including phenoxy) is 1. The molecule has 0 N–H and O–H groups in total.